The smallest absolute Gasteiger partial charge is 0.144 e. The van der Waals surface area contributed by atoms with Crippen molar-refractivity contribution >= 4 is 11.4 Å². The zero-order chi connectivity index (χ0) is 14.2. The van der Waals surface area contributed by atoms with Gasteiger partial charge in [0, 0.05) is 6.04 Å². The summed E-state index contributed by atoms with van der Waals surface area (Å²) in [6, 6.07) is 6.59. The summed E-state index contributed by atoms with van der Waals surface area (Å²) in [5, 5.41) is 3.63. The normalized spacial score (nSPS) is 17.2. The summed E-state index contributed by atoms with van der Waals surface area (Å²) in [6.45, 7) is 2.82. The Bertz CT molecular complexity index is 398. The number of nitrogens with two attached hydrogens (primary N) is 1. The molecule has 1 aromatic rings. The quantitative estimate of drug-likeness (QED) is 0.774. The molecule has 0 unspecified atom stereocenters. The molecule has 0 aromatic heterocycles. The molecule has 1 aromatic carbocycles. The van der Waals surface area contributed by atoms with Gasteiger partial charge >= 0.3 is 0 Å². The lowest BCUT2D eigenvalue weighted by Gasteiger charge is -2.23. The maximum atomic E-state index is 6.22. The number of hydrogen-bond acceptors (Lipinski definition) is 3. The van der Waals surface area contributed by atoms with Crippen molar-refractivity contribution in [3.05, 3.63) is 18.2 Å². The highest BCUT2D eigenvalue weighted by Gasteiger charge is 2.13. The Morgan fingerprint density at radius 2 is 1.85 bits per heavy atom. The van der Waals surface area contributed by atoms with Crippen LogP contribution in [0.1, 0.15) is 58.3 Å². The maximum Gasteiger partial charge on any atom is 0.144 e. The van der Waals surface area contributed by atoms with Crippen LogP contribution in [0.25, 0.3) is 0 Å². The van der Waals surface area contributed by atoms with Crippen molar-refractivity contribution in [2.45, 2.75) is 64.3 Å². The lowest BCUT2D eigenvalue weighted by Crippen LogP contribution is -2.21. The molecule has 0 radical (unpaired) electrons. The Morgan fingerprint density at radius 1 is 1.15 bits per heavy atom. The number of nitrogens with one attached hydrogen (secondary N) is 1. The van der Waals surface area contributed by atoms with Crippen molar-refractivity contribution in [2.75, 3.05) is 17.7 Å². The molecule has 0 atom stereocenters. The van der Waals surface area contributed by atoms with E-state index in [0.29, 0.717) is 6.04 Å². The average molecular weight is 276 g/mol. The van der Waals surface area contributed by atoms with Gasteiger partial charge in [-0.1, -0.05) is 45.1 Å². The lowest BCUT2D eigenvalue weighted by molar-refractivity contribution is 0.319. The molecule has 0 saturated heterocycles. The van der Waals surface area contributed by atoms with Gasteiger partial charge in [-0.05, 0) is 31.4 Å². The van der Waals surface area contributed by atoms with Crippen LogP contribution in [0.15, 0.2) is 18.2 Å². The number of benzene rings is 1. The first kappa shape index (κ1) is 15.0. The number of anilines is 2. The number of ether oxygens (including phenoxy) is 1. The summed E-state index contributed by atoms with van der Waals surface area (Å²) in [4.78, 5) is 0. The molecule has 0 amide bonds. The van der Waals surface area contributed by atoms with Crippen LogP contribution in [0.2, 0.25) is 0 Å². The molecule has 0 aliphatic heterocycles. The summed E-state index contributed by atoms with van der Waals surface area (Å²) in [7, 11) is 0. The SMILES string of the molecule is CCCOc1cccc(NC2CCCCCCC2)c1N. The Hall–Kier alpha value is -1.38. The second-order valence-corrected chi connectivity index (χ2v) is 5.75. The van der Waals surface area contributed by atoms with E-state index in [0.717, 1.165) is 30.2 Å². The van der Waals surface area contributed by atoms with Crippen molar-refractivity contribution in [2.24, 2.45) is 0 Å². The van der Waals surface area contributed by atoms with Crippen LogP contribution in [-0.2, 0) is 0 Å². The van der Waals surface area contributed by atoms with Gasteiger partial charge in [0.25, 0.3) is 0 Å². The van der Waals surface area contributed by atoms with Gasteiger partial charge in [0.2, 0.25) is 0 Å². The van der Waals surface area contributed by atoms with E-state index in [1.165, 1.54) is 44.9 Å². The Balaban J connectivity index is 2.00. The van der Waals surface area contributed by atoms with Gasteiger partial charge in [-0.3, -0.25) is 0 Å². The number of rotatable bonds is 5. The Labute approximate surface area is 122 Å². The summed E-state index contributed by atoms with van der Waals surface area (Å²) in [5.41, 5.74) is 8.01. The molecule has 1 aliphatic rings. The summed E-state index contributed by atoms with van der Waals surface area (Å²) < 4.78 is 5.70. The third-order valence-electron chi connectivity index (χ3n) is 3.99. The summed E-state index contributed by atoms with van der Waals surface area (Å²) in [5.74, 6) is 0.808. The Morgan fingerprint density at radius 3 is 2.55 bits per heavy atom. The van der Waals surface area contributed by atoms with Crippen molar-refractivity contribution in [1.29, 1.82) is 0 Å². The predicted octanol–water partition coefficient (Wildman–Crippen LogP) is 4.58. The minimum absolute atomic E-state index is 0.555. The Kier molecular flexibility index (Phi) is 6.03. The number of nitrogen functional groups attached to an aromatic ring is 1. The first-order valence-corrected chi connectivity index (χ1v) is 8.09. The molecule has 112 valence electrons. The highest BCUT2D eigenvalue weighted by Crippen LogP contribution is 2.31. The molecule has 3 heteroatoms. The molecule has 1 fully saturated rings. The second-order valence-electron chi connectivity index (χ2n) is 5.75. The fraction of sp³-hybridized carbons (Fsp3) is 0.647. The van der Waals surface area contributed by atoms with Crippen LogP contribution in [0.3, 0.4) is 0 Å². The minimum atomic E-state index is 0.555. The van der Waals surface area contributed by atoms with Crippen molar-refractivity contribution in [3.8, 4) is 5.75 Å². The molecule has 1 aliphatic carbocycles. The standard InChI is InChI=1S/C17H28N2O/c1-2-13-20-16-12-8-11-15(17(16)18)19-14-9-6-4-3-5-7-10-14/h8,11-12,14,19H,2-7,9-10,13,18H2,1H3. The van der Waals surface area contributed by atoms with E-state index in [2.05, 4.69) is 18.3 Å². The highest BCUT2D eigenvalue weighted by molar-refractivity contribution is 5.73. The van der Waals surface area contributed by atoms with E-state index < -0.39 is 0 Å². The molecule has 1 saturated carbocycles. The molecule has 0 spiro atoms. The van der Waals surface area contributed by atoms with Gasteiger partial charge in [-0.25, -0.2) is 0 Å². The van der Waals surface area contributed by atoms with Gasteiger partial charge in [-0.2, -0.15) is 0 Å². The lowest BCUT2D eigenvalue weighted by atomic mass is 9.96. The molecule has 0 heterocycles. The van der Waals surface area contributed by atoms with Gasteiger partial charge in [-0.15, -0.1) is 0 Å². The van der Waals surface area contributed by atoms with Crippen molar-refractivity contribution in [3.63, 3.8) is 0 Å². The molecule has 0 bridgehead atoms. The largest absolute Gasteiger partial charge is 0.491 e. The van der Waals surface area contributed by atoms with Gasteiger partial charge in [0.15, 0.2) is 0 Å². The van der Waals surface area contributed by atoms with Crippen LogP contribution in [0.5, 0.6) is 5.75 Å². The van der Waals surface area contributed by atoms with Crippen LogP contribution in [0.4, 0.5) is 11.4 Å². The molecule has 2 rings (SSSR count). The van der Waals surface area contributed by atoms with Gasteiger partial charge in [0.1, 0.15) is 5.75 Å². The fourth-order valence-electron chi connectivity index (χ4n) is 2.83. The van der Waals surface area contributed by atoms with E-state index in [4.69, 9.17) is 10.5 Å². The summed E-state index contributed by atoms with van der Waals surface area (Å²) >= 11 is 0. The summed E-state index contributed by atoms with van der Waals surface area (Å²) in [6.07, 6.45) is 10.3. The van der Waals surface area contributed by atoms with E-state index in [-0.39, 0.29) is 0 Å². The molecular weight excluding hydrogens is 248 g/mol. The molecule has 3 nitrogen and oxygen atoms in total. The second kappa shape index (κ2) is 8.03. The van der Waals surface area contributed by atoms with Gasteiger partial charge < -0.3 is 15.8 Å². The van der Waals surface area contributed by atoms with Gasteiger partial charge in [0.05, 0.1) is 18.0 Å². The highest BCUT2D eigenvalue weighted by atomic mass is 16.5. The monoisotopic (exact) mass is 276 g/mol. The fourth-order valence-corrected chi connectivity index (χ4v) is 2.83. The predicted molar refractivity (Wildman–Crippen MR) is 86.4 cm³/mol. The van der Waals surface area contributed by atoms with Crippen LogP contribution in [-0.4, -0.2) is 12.6 Å². The van der Waals surface area contributed by atoms with E-state index in [1.54, 1.807) is 0 Å². The zero-order valence-electron chi connectivity index (χ0n) is 12.7. The average Bonchev–Trinajstić information content (AvgIpc) is 2.42. The van der Waals surface area contributed by atoms with Crippen molar-refractivity contribution in [1.82, 2.24) is 0 Å². The molecule has 3 N–H and O–H groups in total. The van der Waals surface area contributed by atoms with E-state index in [1.807, 2.05) is 12.1 Å². The first-order valence-electron chi connectivity index (χ1n) is 8.09. The van der Waals surface area contributed by atoms with E-state index >= 15 is 0 Å². The third-order valence-corrected chi connectivity index (χ3v) is 3.99. The molecular formula is C17H28N2O. The van der Waals surface area contributed by atoms with E-state index in [9.17, 15) is 0 Å². The van der Waals surface area contributed by atoms with Crippen molar-refractivity contribution < 1.29 is 4.74 Å². The minimum Gasteiger partial charge on any atom is -0.491 e. The topological polar surface area (TPSA) is 47.3 Å². The number of para-hydroxylation sites is 1. The third kappa shape index (κ3) is 4.32. The molecule has 20 heavy (non-hydrogen) atoms. The van der Waals surface area contributed by atoms with Crippen LogP contribution >= 0.6 is 0 Å². The number of hydrogen-bond donors (Lipinski definition) is 2. The maximum absolute atomic E-state index is 6.22. The first-order chi connectivity index (χ1) is 9.81. The van der Waals surface area contributed by atoms with Crippen LogP contribution in [0, 0.1) is 0 Å². The van der Waals surface area contributed by atoms with Crippen LogP contribution < -0.4 is 15.8 Å². The zero-order valence-corrected chi connectivity index (χ0v) is 12.7.